The molecule has 0 bridgehead atoms. The number of amides is 1. The quantitative estimate of drug-likeness (QED) is 0.674. The zero-order valence-electron chi connectivity index (χ0n) is 9.36. The summed E-state index contributed by atoms with van der Waals surface area (Å²) >= 11 is 0. The summed E-state index contributed by atoms with van der Waals surface area (Å²) in [6, 6.07) is 4.66. The number of phenolic OH excluding ortho intramolecular Hbond substituents is 1. The number of hydrogen-bond donors (Lipinski definition) is 3. The van der Waals surface area contributed by atoms with Gasteiger partial charge in [0.15, 0.2) is 11.5 Å². The summed E-state index contributed by atoms with van der Waals surface area (Å²) in [6.45, 7) is 2.15. The van der Waals surface area contributed by atoms with Crippen molar-refractivity contribution >= 4 is 5.91 Å². The highest BCUT2D eigenvalue weighted by Gasteiger charge is 2.08. The minimum Gasteiger partial charge on any atom is -0.504 e. The fraction of sp³-hybridized carbons (Fsp3) is 0.364. The summed E-state index contributed by atoms with van der Waals surface area (Å²) in [5.41, 5.74) is 5.96. The van der Waals surface area contributed by atoms with E-state index in [0.29, 0.717) is 12.3 Å². The lowest BCUT2D eigenvalue weighted by molar-refractivity contribution is -0.119. The summed E-state index contributed by atoms with van der Waals surface area (Å²) in [5.74, 6) is 0.0953. The van der Waals surface area contributed by atoms with Crippen LogP contribution in [0.1, 0.15) is 12.5 Å². The first-order valence-corrected chi connectivity index (χ1v) is 4.93. The number of methoxy groups -OCH3 is 1. The van der Waals surface area contributed by atoms with Gasteiger partial charge in [-0.15, -0.1) is 0 Å². The third kappa shape index (κ3) is 3.13. The van der Waals surface area contributed by atoms with E-state index in [1.165, 1.54) is 7.11 Å². The van der Waals surface area contributed by atoms with Crippen molar-refractivity contribution in [2.24, 2.45) is 5.73 Å². The molecule has 0 saturated carbocycles. The van der Waals surface area contributed by atoms with Crippen LogP contribution in [0, 0.1) is 0 Å². The number of primary amides is 1. The Balaban J connectivity index is 2.62. The van der Waals surface area contributed by atoms with Crippen LogP contribution in [-0.4, -0.2) is 24.2 Å². The van der Waals surface area contributed by atoms with E-state index in [1.807, 2.05) is 0 Å². The molecule has 88 valence electrons. The SMILES string of the molecule is COc1ccc(CNC(C)C(N)=O)cc1O. The van der Waals surface area contributed by atoms with Gasteiger partial charge in [0, 0.05) is 6.54 Å². The largest absolute Gasteiger partial charge is 0.504 e. The number of nitrogens with two attached hydrogens (primary N) is 1. The van der Waals surface area contributed by atoms with Gasteiger partial charge in [0.1, 0.15) is 0 Å². The fourth-order valence-corrected chi connectivity index (χ4v) is 1.22. The Hall–Kier alpha value is -1.75. The molecule has 1 aromatic rings. The predicted molar refractivity (Wildman–Crippen MR) is 60.2 cm³/mol. The molecule has 0 aromatic heterocycles. The van der Waals surface area contributed by atoms with E-state index in [0.717, 1.165) is 5.56 Å². The first kappa shape index (κ1) is 12.3. The molecule has 4 N–H and O–H groups in total. The van der Waals surface area contributed by atoms with Crippen LogP contribution in [-0.2, 0) is 11.3 Å². The molecule has 1 atom stereocenters. The minimum atomic E-state index is -0.405. The Bertz CT molecular complexity index is 379. The van der Waals surface area contributed by atoms with Gasteiger partial charge in [0.25, 0.3) is 0 Å². The minimum absolute atomic E-state index is 0.0773. The molecule has 0 aliphatic heterocycles. The lowest BCUT2D eigenvalue weighted by Crippen LogP contribution is -2.38. The molecule has 0 fully saturated rings. The van der Waals surface area contributed by atoms with Crippen molar-refractivity contribution in [3.05, 3.63) is 23.8 Å². The molecule has 1 aromatic carbocycles. The van der Waals surface area contributed by atoms with E-state index in [9.17, 15) is 9.90 Å². The Morgan fingerprint density at radius 2 is 2.31 bits per heavy atom. The number of carbonyl (C=O) groups is 1. The van der Waals surface area contributed by atoms with E-state index in [4.69, 9.17) is 10.5 Å². The van der Waals surface area contributed by atoms with Gasteiger partial charge in [-0.25, -0.2) is 0 Å². The third-order valence-electron chi connectivity index (χ3n) is 2.28. The van der Waals surface area contributed by atoms with Gasteiger partial charge >= 0.3 is 0 Å². The van der Waals surface area contributed by atoms with Crippen LogP contribution >= 0.6 is 0 Å². The van der Waals surface area contributed by atoms with E-state index in [1.54, 1.807) is 25.1 Å². The number of benzene rings is 1. The number of phenols is 1. The van der Waals surface area contributed by atoms with E-state index in [-0.39, 0.29) is 5.75 Å². The molecule has 1 amide bonds. The lowest BCUT2D eigenvalue weighted by Gasteiger charge is -2.11. The van der Waals surface area contributed by atoms with Crippen molar-refractivity contribution in [2.45, 2.75) is 19.5 Å². The molecule has 0 aliphatic carbocycles. The van der Waals surface area contributed by atoms with Crippen molar-refractivity contribution in [1.29, 1.82) is 0 Å². The van der Waals surface area contributed by atoms with Crippen LogP contribution in [0.5, 0.6) is 11.5 Å². The maximum atomic E-state index is 10.8. The van der Waals surface area contributed by atoms with Crippen LogP contribution < -0.4 is 15.8 Å². The highest BCUT2D eigenvalue weighted by molar-refractivity contribution is 5.79. The van der Waals surface area contributed by atoms with Gasteiger partial charge in [-0.2, -0.15) is 0 Å². The summed E-state index contributed by atoms with van der Waals surface area (Å²) in [6.07, 6.45) is 0. The van der Waals surface area contributed by atoms with Gasteiger partial charge < -0.3 is 20.9 Å². The van der Waals surface area contributed by atoms with Crippen molar-refractivity contribution in [2.75, 3.05) is 7.11 Å². The Morgan fingerprint density at radius 1 is 1.62 bits per heavy atom. The molecule has 0 spiro atoms. The van der Waals surface area contributed by atoms with Crippen LogP contribution in [0.25, 0.3) is 0 Å². The molecule has 5 heteroatoms. The lowest BCUT2D eigenvalue weighted by atomic mass is 10.2. The summed E-state index contributed by atoms with van der Waals surface area (Å²) in [4.78, 5) is 10.8. The Labute approximate surface area is 94.2 Å². The molecule has 5 nitrogen and oxygen atoms in total. The molecule has 0 radical (unpaired) electrons. The van der Waals surface area contributed by atoms with Crippen LogP contribution in [0.4, 0.5) is 0 Å². The first-order valence-electron chi connectivity index (χ1n) is 4.93. The number of nitrogens with one attached hydrogen (secondary N) is 1. The molecule has 1 rings (SSSR count). The zero-order valence-corrected chi connectivity index (χ0v) is 9.36. The normalized spacial score (nSPS) is 12.1. The van der Waals surface area contributed by atoms with E-state index < -0.39 is 11.9 Å². The smallest absolute Gasteiger partial charge is 0.234 e. The van der Waals surface area contributed by atoms with Crippen molar-refractivity contribution in [1.82, 2.24) is 5.32 Å². The van der Waals surface area contributed by atoms with Gasteiger partial charge in [-0.3, -0.25) is 4.79 Å². The predicted octanol–water partition coefficient (Wildman–Crippen LogP) is 0.364. The van der Waals surface area contributed by atoms with Crippen LogP contribution in [0.2, 0.25) is 0 Å². The summed E-state index contributed by atoms with van der Waals surface area (Å²) in [5, 5.41) is 12.5. The van der Waals surface area contributed by atoms with E-state index >= 15 is 0 Å². The number of aromatic hydroxyl groups is 1. The highest BCUT2D eigenvalue weighted by atomic mass is 16.5. The van der Waals surface area contributed by atoms with Crippen molar-refractivity contribution < 1.29 is 14.6 Å². The molecule has 16 heavy (non-hydrogen) atoms. The molecule has 0 heterocycles. The Morgan fingerprint density at radius 3 is 2.81 bits per heavy atom. The molecule has 0 saturated heterocycles. The van der Waals surface area contributed by atoms with Gasteiger partial charge in [0.05, 0.1) is 13.2 Å². The Kier molecular flexibility index (Phi) is 4.13. The second-order valence-corrected chi connectivity index (χ2v) is 3.51. The van der Waals surface area contributed by atoms with Crippen molar-refractivity contribution in [3.8, 4) is 11.5 Å². The number of hydrogen-bond acceptors (Lipinski definition) is 4. The first-order chi connectivity index (χ1) is 7.54. The van der Waals surface area contributed by atoms with Crippen LogP contribution in [0.3, 0.4) is 0 Å². The summed E-state index contributed by atoms with van der Waals surface area (Å²) in [7, 11) is 1.49. The van der Waals surface area contributed by atoms with Gasteiger partial charge in [-0.1, -0.05) is 6.07 Å². The average Bonchev–Trinajstić information content (AvgIpc) is 2.25. The fourth-order valence-electron chi connectivity index (χ4n) is 1.22. The summed E-state index contributed by atoms with van der Waals surface area (Å²) < 4.78 is 4.92. The van der Waals surface area contributed by atoms with E-state index in [2.05, 4.69) is 5.32 Å². The molecular weight excluding hydrogens is 208 g/mol. The molecule has 0 aliphatic rings. The standard InChI is InChI=1S/C11H16N2O3/c1-7(11(12)15)13-6-8-3-4-10(16-2)9(14)5-8/h3-5,7,13-14H,6H2,1-2H3,(H2,12,15). The zero-order chi connectivity index (χ0) is 12.1. The number of rotatable bonds is 5. The maximum absolute atomic E-state index is 10.8. The van der Waals surface area contributed by atoms with Crippen molar-refractivity contribution in [3.63, 3.8) is 0 Å². The van der Waals surface area contributed by atoms with Gasteiger partial charge in [-0.05, 0) is 24.6 Å². The highest BCUT2D eigenvalue weighted by Crippen LogP contribution is 2.25. The molecule has 1 unspecified atom stereocenters. The maximum Gasteiger partial charge on any atom is 0.234 e. The third-order valence-corrected chi connectivity index (χ3v) is 2.28. The average molecular weight is 224 g/mol. The number of carbonyl (C=O) groups excluding carboxylic acids is 1. The monoisotopic (exact) mass is 224 g/mol. The molecular formula is C11H16N2O3. The van der Waals surface area contributed by atoms with Crippen LogP contribution in [0.15, 0.2) is 18.2 Å². The van der Waals surface area contributed by atoms with Gasteiger partial charge in [0.2, 0.25) is 5.91 Å². The number of ether oxygens (including phenoxy) is 1. The topological polar surface area (TPSA) is 84.6 Å². The second-order valence-electron chi connectivity index (χ2n) is 3.51. The second kappa shape index (κ2) is 5.37.